The molecular weight excluding hydrogens is 540 g/mol. The fourth-order valence-electron chi connectivity index (χ4n) is 4.12. The van der Waals surface area contributed by atoms with Crippen molar-refractivity contribution in [3.8, 4) is 0 Å². The van der Waals surface area contributed by atoms with Crippen LogP contribution in [0.15, 0.2) is 0 Å². The van der Waals surface area contributed by atoms with Gasteiger partial charge in [-0.15, -0.1) is 0 Å². The number of nitrogens with one attached hydrogen (secondary N) is 4. The van der Waals surface area contributed by atoms with Gasteiger partial charge in [-0.25, -0.2) is 4.79 Å². The van der Waals surface area contributed by atoms with Gasteiger partial charge in [-0.3, -0.25) is 14.9 Å². The Morgan fingerprint density at radius 2 is 1.00 bits per heavy atom. The third kappa shape index (κ3) is 50.0. The van der Waals surface area contributed by atoms with E-state index in [0.717, 1.165) is 70.5 Å². The van der Waals surface area contributed by atoms with Gasteiger partial charge in [-0.2, -0.15) is 0 Å². The summed E-state index contributed by atoms with van der Waals surface area (Å²) >= 11 is 0. The van der Waals surface area contributed by atoms with Crippen LogP contribution in [0, 0.1) is 5.92 Å². The van der Waals surface area contributed by atoms with Gasteiger partial charge in [0.1, 0.15) is 5.78 Å². The molecule has 0 aromatic rings. The van der Waals surface area contributed by atoms with Gasteiger partial charge in [0.2, 0.25) is 11.8 Å². The summed E-state index contributed by atoms with van der Waals surface area (Å²) < 4.78 is 0. The van der Waals surface area contributed by atoms with E-state index in [1.165, 1.54) is 84.5 Å². The molecule has 0 saturated carbocycles. The number of hydrogen-bond donors (Lipinski definition) is 4. The topological polar surface area (TPSA) is 116 Å². The molecule has 256 valence electrons. The van der Waals surface area contributed by atoms with E-state index in [-0.39, 0.29) is 23.6 Å². The van der Waals surface area contributed by atoms with Gasteiger partial charge in [0.25, 0.3) is 0 Å². The Bertz CT molecular complexity index is 639. The van der Waals surface area contributed by atoms with Crippen LogP contribution in [0.5, 0.6) is 0 Å². The predicted molar refractivity (Wildman–Crippen MR) is 183 cm³/mol. The molecule has 4 N–H and O–H groups in total. The summed E-state index contributed by atoms with van der Waals surface area (Å²) in [6, 6.07) is -0.366. The molecule has 4 amide bonds. The Morgan fingerprint density at radius 1 is 0.558 bits per heavy atom. The van der Waals surface area contributed by atoms with Crippen molar-refractivity contribution in [3.63, 3.8) is 0 Å². The van der Waals surface area contributed by atoms with Crippen LogP contribution in [0.4, 0.5) is 4.79 Å². The summed E-state index contributed by atoms with van der Waals surface area (Å²) in [5.74, 6) is 0.996. The number of carbonyl (C=O) groups excluding carboxylic acids is 4. The zero-order valence-corrected chi connectivity index (χ0v) is 29.5. The van der Waals surface area contributed by atoms with Crippen LogP contribution >= 0.6 is 0 Å². The van der Waals surface area contributed by atoms with E-state index in [1.54, 1.807) is 6.92 Å². The first-order valence-corrected chi connectivity index (χ1v) is 17.6. The zero-order valence-electron chi connectivity index (χ0n) is 29.5. The van der Waals surface area contributed by atoms with E-state index in [2.05, 4.69) is 49.0 Å². The van der Waals surface area contributed by atoms with Crippen LogP contribution in [0.25, 0.3) is 0 Å². The fourth-order valence-corrected chi connectivity index (χ4v) is 4.12. The first-order valence-electron chi connectivity index (χ1n) is 17.6. The molecule has 0 spiro atoms. The van der Waals surface area contributed by atoms with E-state index in [1.807, 2.05) is 0 Å². The molecule has 0 saturated heterocycles. The lowest BCUT2D eigenvalue weighted by Gasteiger charge is -2.07. The summed E-state index contributed by atoms with van der Waals surface area (Å²) in [4.78, 5) is 43.4. The van der Waals surface area contributed by atoms with Crippen molar-refractivity contribution >= 4 is 23.6 Å². The van der Waals surface area contributed by atoms with E-state index < -0.39 is 0 Å². The highest BCUT2D eigenvalue weighted by molar-refractivity contribution is 5.94. The van der Waals surface area contributed by atoms with Crippen molar-refractivity contribution < 1.29 is 19.2 Å². The Hall–Kier alpha value is -1.96. The van der Waals surface area contributed by atoms with E-state index >= 15 is 0 Å². The molecule has 0 aliphatic rings. The molecule has 0 rings (SSSR count). The summed E-state index contributed by atoms with van der Waals surface area (Å²) in [5.41, 5.74) is 0. The maximum Gasteiger partial charge on any atom is 0.321 e. The van der Waals surface area contributed by atoms with Crippen molar-refractivity contribution in [1.82, 2.24) is 21.3 Å². The molecule has 0 aromatic carbocycles. The monoisotopic (exact) mass is 613 g/mol. The Balaban J connectivity index is -0.00000102. The molecule has 1 atom stereocenters. The zero-order chi connectivity index (χ0) is 33.0. The first kappa shape index (κ1) is 45.5. The standard InChI is InChI=1S/C23H46N4O3.C9H20.C3H6O/c1-3-4-5-11-16-22(29)27-23(30)26-20-15-8-6-7-12-17-24-18-13-9-10-14-19-25-21(2)28;1-4-6-7-8-9(3)5-2;1-3(2)4/h24H,3-20H2,1-2H3,(H,25,28)(H2,26,27,29,30);9H,4-8H2,1-3H3;1-2H3. The van der Waals surface area contributed by atoms with Crippen molar-refractivity contribution in [3.05, 3.63) is 0 Å². The minimum Gasteiger partial charge on any atom is -0.356 e. The largest absolute Gasteiger partial charge is 0.356 e. The molecule has 1 unspecified atom stereocenters. The van der Waals surface area contributed by atoms with Gasteiger partial charge >= 0.3 is 6.03 Å². The number of ketones is 1. The van der Waals surface area contributed by atoms with Gasteiger partial charge in [-0.1, -0.05) is 111 Å². The number of Topliss-reactive ketones (excluding diaryl/α,β-unsaturated/α-hetero) is 1. The third-order valence-corrected chi connectivity index (χ3v) is 6.98. The van der Waals surface area contributed by atoms with Crippen LogP contribution < -0.4 is 21.3 Å². The Kier molecular flexibility index (Phi) is 40.3. The van der Waals surface area contributed by atoms with Crippen LogP contribution in [-0.2, 0) is 14.4 Å². The van der Waals surface area contributed by atoms with Crippen molar-refractivity contribution in [1.29, 1.82) is 0 Å². The Morgan fingerprint density at radius 3 is 1.49 bits per heavy atom. The highest BCUT2D eigenvalue weighted by atomic mass is 16.2. The summed E-state index contributed by atoms with van der Waals surface area (Å²) in [5, 5.41) is 11.5. The molecule has 8 heteroatoms. The third-order valence-electron chi connectivity index (χ3n) is 6.98. The maximum atomic E-state index is 11.6. The summed E-state index contributed by atoms with van der Waals surface area (Å²) in [6.45, 7) is 17.2. The van der Waals surface area contributed by atoms with Crippen LogP contribution in [0.3, 0.4) is 0 Å². The lowest BCUT2D eigenvalue weighted by atomic mass is 10.0. The van der Waals surface area contributed by atoms with Crippen LogP contribution in [0.2, 0.25) is 0 Å². The molecule has 0 aromatic heterocycles. The van der Waals surface area contributed by atoms with E-state index in [4.69, 9.17) is 0 Å². The maximum absolute atomic E-state index is 11.6. The second-order valence-corrected chi connectivity index (χ2v) is 11.9. The highest BCUT2D eigenvalue weighted by Crippen LogP contribution is 2.11. The van der Waals surface area contributed by atoms with Gasteiger partial charge in [0, 0.05) is 26.4 Å². The van der Waals surface area contributed by atoms with Crippen LogP contribution in [0.1, 0.15) is 170 Å². The van der Waals surface area contributed by atoms with Crippen LogP contribution in [-0.4, -0.2) is 49.8 Å². The summed E-state index contributed by atoms with van der Waals surface area (Å²) in [6.07, 6.45) is 21.8. The first-order chi connectivity index (χ1) is 20.6. The summed E-state index contributed by atoms with van der Waals surface area (Å²) in [7, 11) is 0. The number of urea groups is 1. The predicted octanol–water partition coefficient (Wildman–Crippen LogP) is 8.23. The molecule has 0 fully saturated rings. The minimum absolute atomic E-state index is 0.0541. The molecule has 43 heavy (non-hydrogen) atoms. The number of hydrogen-bond acceptors (Lipinski definition) is 5. The van der Waals surface area contributed by atoms with E-state index in [9.17, 15) is 19.2 Å². The normalized spacial score (nSPS) is 10.9. The fraction of sp³-hybridized carbons (Fsp3) is 0.886. The molecule has 8 nitrogen and oxygen atoms in total. The molecule has 0 aliphatic carbocycles. The number of carbonyl (C=O) groups is 4. The minimum atomic E-state index is -0.366. The molecule has 0 aliphatic heterocycles. The molecule has 0 radical (unpaired) electrons. The number of amides is 4. The second kappa shape index (κ2) is 38.1. The average molecular weight is 613 g/mol. The smallest absolute Gasteiger partial charge is 0.321 e. The highest BCUT2D eigenvalue weighted by Gasteiger charge is 2.06. The van der Waals surface area contributed by atoms with Crippen molar-refractivity contribution in [2.24, 2.45) is 5.92 Å². The molecule has 0 bridgehead atoms. The lowest BCUT2D eigenvalue weighted by Crippen LogP contribution is -2.39. The van der Waals surface area contributed by atoms with Crippen molar-refractivity contribution in [2.45, 2.75) is 170 Å². The Labute approximate surface area is 266 Å². The van der Waals surface area contributed by atoms with E-state index in [0.29, 0.717) is 13.0 Å². The number of rotatable bonds is 25. The number of imide groups is 1. The van der Waals surface area contributed by atoms with Gasteiger partial charge in [0.05, 0.1) is 0 Å². The van der Waals surface area contributed by atoms with Gasteiger partial charge in [-0.05, 0) is 65.0 Å². The van der Waals surface area contributed by atoms with Gasteiger partial charge < -0.3 is 20.7 Å². The lowest BCUT2D eigenvalue weighted by molar-refractivity contribution is -0.120. The quantitative estimate of drug-likeness (QED) is 0.0775. The molecular formula is C35H72N4O4. The number of unbranched alkanes of at least 4 members (excludes halogenated alkanes) is 12. The SMILES string of the molecule is CC(C)=O.CCCCCC(C)CC.CCCCCCC(=O)NC(=O)NCCCCCCCNCCCCCCNC(C)=O. The molecule has 0 heterocycles. The van der Waals surface area contributed by atoms with Crippen molar-refractivity contribution in [2.75, 3.05) is 26.2 Å². The average Bonchev–Trinajstić information content (AvgIpc) is 2.95. The van der Waals surface area contributed by atoms with Gasteiger partial charge in [0.15, 0.2) is 0 Å². The second-order valence-electron chi connectivity index (χ2n) is 11.9.